The van der Waals surface area contributed by atoms with Gasteiger partial charge in [-0.3, -0.25) is 10.1 Å². The summed E-state index contributed by atoms with van der Waals surface area (Å²) in [5, 5.41) is 13.2. The number of nitrogens with two attached hydrogens (primary N) is 1. The van der Waals surface area contributed by atoms with E-state index in [1.807, 2.05) is 0 Å². The fourth-order valence-corrected chi connectivity index (χ4v) is 2.41. The molecule has 4 nitrogen and oxygen atoms in total. The second kappa shape index (κ2) is 3.14. The molecule has 0 aliphatic rings. The molecule has 0 aliphatic heterocycles. The van der Waals surface area contributed by atoms with Crippen molar-refractivity contribution in [3.8, 4) is 0 Å². The molecule has 0 amide bonds. The van der Waals surface area contributed by atoms with E-state index in [9.17, 15) is 10.1 Å². The number of thiophene rings is 1. The Kier molecular flexibility index (Phi) is 2.09. The van der Waals surface area contributed by atoms with Gasteiger partial charge in [0.2, 0.25) is 0 Å². The minimum atomic E-state index is -0.419. The largest absolute Gasteiger partial charge is 0.397 e. The molecule has 2 aromatic rings. The van der Waals surface area contributed by atoms with Gasteiger partial charge in [0.25, 0.3) is 5.69 Å². The average Bonchev–Trinajstić information content (AvgIpc) is 2.59. The van der Waals surface area contributed by atoms with Gasteiger partial charge in [-0.1, -0.05) is 0 Å². The molecule has 0 aliphatic carbocycles. The summed E-state index contributed by atoms with van der Waals surface area (Å²) in [7, 11) is 0. The van der Waals surface area contributed by atoms with E-state index in [1.54, 1.807) is 11.4 Å². The molecule has 0 saturated heterocycles. The second-order valence-corrected chi connectivity index (χ2v) is 4.15. The lowest BCUT2D eigenvalue weighted by molar-refractivity contribution is -0.383. The van der Waals surface area contributed by atoms with E-state index in [0.29, 0.717) is 20.7 Å². The number of nitro benzene ring substituents is 1. The van der Waals surface area contributed by atoms with Gasteiger partial charge in [-0.15, -0.1) is 24.0 Å². The van der Waals surface area contributed by atoms with Crippen molar-refractivity contribution in [1.82, 2.24) is 0 Å². The van der Waals surface area contributed by atoms with Crippen LogP contribution in [0.4, 0.5) is 11.4 Å². The Balaban J connectivity index is 2.91. The molecule has 72 valence electrons. The highest BCUT2D eigenvalue weighted by molar-refractivity contribution is 7.80. The van der Waals surface area contributed by atoms with E-state index in [2.05, 4.69) is 12.6 Å². The molecule has 0 atom stereocenters. The number of nitrogens with zero attached hydrogens (tertiary/aromatic N) is 1. The predicted octanol–water partition coefficient (Wildman–Crippen LogP) is 2.68. The fourth-order valence-electron chi connectivity index (χ4n) is 1.27. The second-order valence-electron chi connectivity index (χ2n) is 2.75. The number of hydrogen-bond acceptors (Lipinski definition) is 5. The van der Waals surface area contributed by atoms with Crippen LogP contribution in [-0.2, 0) is 0 Å². The summed E-state index contributed by atoms with van der Waals surface area (Å²) in [6.45, 7) is 0. The summed E-state index contributed by atoms with van der Waals surface area (Å²) in [4.78, 5) is 10.7. The lowest BCUT2D eigenvalue weighted by Crippen LogP contribution is -1.92. The van der Waals surface area contributed by atoms with E-state index in [0.717, 1.165) is 0 Å². The zero-order valence-electron chi connectivity index (χ0n) is 6.93. The van der Waals surface area contributed by atoms with Crippen molar-refractivity contribution in [3.63, 3.8) is 0 Å². The fraction of sp³-hybridized carbons (Fsp3) is 0. The maximum atomic E-state index is 10.7. The summed E-state index contributed by atoms with van der Waals surface area (Å²) in [5.41, 5.74) is 6.30. The van der Waals surface area contributed by atoms with Gasteiger partial charge in [-0.05, 0) is 11.4 Å². The van der Waals surface area contributed by atoms with E-state index in [-0.39, 0.29) is 5.69 Å². The maximum absolute atomic E-state index is 10.7. The number of nitrogen functional groups attached to an aromatic ring is 1. The first-order valence-corrected chi connectivity index (χ1v) is 5.07. The molecular weight excluding hydrogens is 220 g/mol. The summed E-state index contributed by atoms with van der Waals surface area (Å²) in [6, 6.07) is 3.15. The first-order valence-electron chi connectivity index (χ1n) is 3.74. The molecule has 1 aromatic heterocycles. The standard InChI is InChI=1S/C8H6N2O2S2/c9-7-4-1-2-14-8(4)5(10(11)12)3-6(7)13/h1-3,13H,9H2. The average molecular weight is 226 g/mol. The van der Waals surface area contributed by atoms with Crippen LogP contribution in [0, 0.1) is 10.1 Å². The van der Waals surface area contributed by atoms with Crippen molar-refractivity contribution in [2.75, 3.05) is 5.73 Å². The third-order valence-electron chi connectivity index (χ3n) is 1.93. The van der Waals surface area contributed by atoms with Gasteiger partial charge in [0.15, 0.2) is 0 Å². The van der Waals surface area contributed by atoms with Gasteiger partial charge in [0.05, 0.1) is 10.6 Å². The number of rotatable bonds is 1. The topological polar surface area (TPSA) is 69.2 Å². The lowest BCUT2D eigenvalue weighted by Gasteiger charge is -2.01. The van der Waals surface area contributed by atoms with Crippen LogP contribution in [-0.4, -0.2) is 4.92 Å². The van der Waals surface area contributed by atoms with Gasteiger partial charge in [0.1, 0.15) is 4.70 Å². The molecule has 1 heterocycles. The molecule has 14 heavy (non-hydrogen) atoms. The number of hydrogen-bond donors (Lipinski definition) is 2. The van der Waals surface area contributed by atoms with Crippen LogP contribution in [0.5, 0.6) is 0 Å². The Bertz CT molecular complexity index is 521. The highest BCUT2D eigenvalue weighted by Crippen LogP contribution is 2.38. The molecule has 0 unspecified atom stereocenters. The van der Waals surface area contributed by atoms with Crippen LogP contribution < -0.4 is 5.73 Å². The van der Waals surface area contributed by atoms with Crippen molar-refractivity contribution in [1.29, 1.82) is 0 Å². The summed E-state index contributed by atoms with van der Waals surface area (Å²) < 4.78 is 0.602. The lowest BCUT2D eigenvalue weighted by atomic mass is 10.2. The molecule has 2 rings (SSSR count). The van der Waals surface area contributed by atoms with Gasteiger partial charge >= 0.3 is 0 Å². The van der Waals surface area contributed by atoms with Crippen molar-refractivity contribution >= 4 is 45.4 Å². The predicted molar refractivity (Wildman–Crippen MR) is 60.1 cm³/mol. The molecule has 0 fully saturated rings. The molecule has 1 aromatic carbocycles. The van der Waals surface area contributed by atoms with Crippen molar-refractivity contribution < 1.29 is 4.92 Å². The Morgan fingerprint density at radius 3 is 2.93 bits per heavy atom. The van der Waals surface area contributed by atoms with E-state index in [4.69, 9.17) is 5.73 Å². The Morgan fingerprint density at radius 2 is 2.29 bits per heavy atom. The maximum Gasteiger partial charge on any atom is 0.288 e. The molecule has 0 radical (unpaired) electrons. The Hall–Kier alpha value is -1.27. The van der Waals surface area contributed by atoms with Gasteiger partial charge < -0.3 is 5.73 Å². The number of nitro groups is 1. The SMILES string of the molecule is Nc1c(S)cc([N+](=O)[O-])c2sccc12. The normalized spacial score (nSPS) is 10.6. The quantitative estimate of drug-likeness (QED) is 0.340. The Morgan fingerprint density at radius 1 is 1.57 bits per heavy atom. The number of anilines is 1. The number of benzene rings is 1. The zero-order chi connectivity index (χ0) is 10.3. The molecule has 2 N–H and O–H groups in total. The third-order valence-corrected chi connectivity index (χ3v) is 3.24. The molecule has 0 saturated carbocycles. The van der Waals surface area contributed by atoms with Crippen LogP contribution in [0.25, 0.3) is 10.1 Å². The minimum absolute atomic E-state index is 0.0641. The summed E-state index contributed by atoms with van der Waals surface area (Å²) >= 11 is 5.40. The highest BCUT2D eigenvalue weighted by Gasteiger charge is 2.16. The van der Waals surface area contributed by atoms with Gasteiger partial charge in [0, 0.05) is 16.3 Å². The highest BCUT2D eigenvalue weighted by atomic mass is 32.1. The van der Waals surface area contributed by atoms with Crippen LogP contribution >= 0.6 is 24.0 Å². The zero-order valence-corrected chi connectivity index (χ0v) is 8.64. The van der Waals surface area contributed by atoms with Gasteiger partial charge in [-0.25, -0.2) is 0 Å². The summed E-state index contributed by atoms with van der Waals surface area (Å²) in [6.07, 6.45) is 0. The molecular formula is C8H6N2O2S2. The van der Waals surface area contributed by atoms with Crippen LogP contribution in [0.2, 0.25) is 0 Å². The van der Waals surface area contributed by atoms with Crippen molar-refractivity contribution in [2.24, 2.45) is 0 Å². The van der Waals surface area contributed by atoms with Crippen molar-refractivity contribution in [2.45, 2.75) is 4.90 Å². The molecule has 6 heteroatoms. The van der Waals surface area contributed by atoms with Crippen molar-refractivity contribution in [3.05, 3.63) is 27.6 Å². The van der Waals surface area contributed by atoms with Crippen LogP contribution in [0.15, 0.2) is 22.4 Å². The third kappa shape index (κ3) is 1.23. The minimum Gasteiger partial charge on any atom is -0.397 e. The number of thiol groups is 1. The number of non-ortho nitro benzene ring substituents is 1. The smallest absolute Gasteiger partial charge is 0.288 e. The number of fused-ring (bicyclic) bond motifs is 1. The van der Waals surface area contributed by atoms with Gasteiger partial charge in [-0.2, -0.15) is 0 Å². The Labute approximate surface area is 88.9 Å². The summed E-state index contributed by atoms with van der Waals surface area (Å²) in [5.74, 6) is 0. The van der Waals surface area contributed by atoms with E-state index < -0.39 is 4.92 Å². The van der Waals surface area contributed by atoms with Crippen LogP contribution in [0.1, 0.15) is 0 Å². The monoisotopic (exact) mass is 226 g/mol. The first-order chi connectivity index (χ1) is 6.61. The molecule has 0 spiro atoms. The van der Waals surface area contributed by atoms with E-state index in [1.165, 1.54) is 17.4 Å². The van der Waals surface area contributed by atoms with Crippen LogP contribution in [0.3, 0.4) is 0 Å². The van der Waals surface area contributed by atoms with E-state index >= 15 is 0 Å². The molecule has 0 bridgehead atoms. The first kappa shape index (κ1) is 9.29.